The lowest BCUT2D eigenvalue weighted by Gasteiger charge is -1.91. The predicted octanol–water partition coefficient (Wildman–Crippen LogP) is 2.31. The molecule has 56 valence electrons. The minimum atomic E-state index is 0.846. The monoisotopic (exact) mass is 164 g/mol. The van der Waals surface area contributed by atoms with Crippen LogP contribution in [0.1, 0.15) is 11.4 Å². The first kappa shape index (κ1) is 6.73. The van der Waals surface area contributed by atoms with Crippen molar-refractivity contribution in [2.45, 2.75) is 13.8 Å². The molecule has 11 heavy (non-hydrogen) atoms. The van der Waals surface area contributed by atoms with Crippen LogP contribution < -0.4 is 0 Å². The number of fused-ring (bicyclic) bond motifs is 1. The van der Waals surface area contributed by atoms with Crippen molar-refractivity contribution in [1.82, 2.24) is 9.97 Å². The molecule has 0 aliphatic carbocycles. The number of nitrogens with zero attached hydrogens (tertiary/aromatic N) is 2. The van der Waals surface area contributed by atoms with Gasteiger partial charge in [-0.2, -0.15) is 0 Å². The van der Waals surface area contributed by atoms with E-state index in [1.54, 1.807) is 11.3 Å². The van der Waals surface area contributed by atoms with Crippen LogP contribution in [0, 0.1) is 13.8 Å². The summed E-state index contributed by atoms with van der Waals surface area (Å²) in [5.74, 6) is 0.846. The highest BCUT2D eigenvalue weighted by Crippen LogP contribution is 2.21. The molecule has 0 atom stereocenters. The maximum atomic E-state index is 4.33. The zero-order valence-electron chi connectivity index (χ0n) is 6.46. The molecule has 0 saturated carbocycles. The molecule has 0 aromatic carbocycles. The highest BCUT2D eigenvalue weighted by Gasteiger charge is 2.00. The summed E-state index contributed by atoms with van der Waals surface area (Å²) in [6.07, 6.45) is 1.88. The molecule has 2 rings (SSSR count). The molecular formula is C8H8N2S. The van der Waals surface area contributed by atoms with E-state index in [9.17, 15) is 0 Å². The highest BCUT2D eigenvalue weighted by molar-refractivity contribution is 7.17. The van der Waals surface area contributed by atoms with Crippen molar-refractivity contribution in [3.05, 3.63) is 23.0 Å². The number of hydrogen-bond acceptors (Lipinski definition) is 3. The molecule has 0 bridgehead atoms. The first-order valence-electron chi connectivity index (χ1n) is 3.45. The van der Waals surface area contributed by atoms with Crippen molar-refractivity contribution in [2.24, 2.45) is 0 Å². The van der Waals surface area contributed by atoms with Gasteiger partial charge in [0.05, 0.1) is 10.2 Å². The van der Waals surface area contributed by atoms with Gasteiger partial charge in [0.25, 0.3) is 0 Å². The SMILES string of the molecule is Cc1ncc2scc(C)c2n1. The van der Waals surface area contributed by atoms with Gasteiger partial charge in [0.15, 0.2) is 0 Å². The maximum absolute atomic E-state index is 4.33. The van der Waals surface area contributed by atoms with Gasteiger partial charge in [-0.15, -0.1) is 11.3 Å². The average Bonchev–Trinajstić information content (AvgIpc) is 2.33. The van der Waals surface area contributed by atoms with Gasteiger partial charge in [0, 0.05) is 6.20 Å². The molecule has 0 N–H and O–H groups in total. The number of rotatable bonds is 0. The Morgan fingerprint density at radius 2 is 2.18 bits per heavy atom. The van der Waals surface area contributed by atoms with Crippen molar-refractivity contribution < 1.29 is 0 Å². The minimum Gasteiger partial charge on any atom is -0.240 e. The summed E-state index contributed by atoms with van der Waals surface area (Å²) in [6.45, 7) is 3.99. The van der Waals surface area contributed by atoms with Crippen molar-refractivity contribution in [3.8, 4) is 0 Å². The van der Waals surface area contributed by atoms with Crippen molar-refractivity contribution in [3.63, 3.8) is 0 Å². The van der Waals surface area contributed by atoms with Gasteiger partial charge in [0.1, 0.15) is 5.82 Å². The van der Waals surface area contributed by atoms with E-state index in [2.05, 4.69) is 22.3 Å². The summed E-state index contributed by atoms with van der Waals surface area (Å²) in [5.41, 5.74) is 2.35. The molecule has 2 heterocycles. The summed E-state index contributed by atoms with van der Waals surface area (Å²) in [5, 5.41) is 2.11. The molecule has 3 heteroatoms. The molecule has 2 aromatic rings. The van der Waals surface area contributed by atoms with E-state index in [0.717, 1.165) is 11.3 Å². The lowest BCUT2D eigenvalue weighted by atomic mass is 10.3. The first-order chi connectivity index (χ1) is 5.27. The smallest absolute Gasteiger partial charge is 0.125 e. The lowest BCUT2D eigenvalue weighted by Crippen LogP contribution is -1.85. The lowest BCUT2D eigenvalue weighted by molar-refractivity contribution is 1.09. The van der Waals surface area contributed by atoms with Crippen LogP contribution in [0.4, 0.5) is 0 Å². The molecule has 0 fully saturated rings. The van der Waals surface area contributed by atoms with E-state index in [-0.39, 0.29) is 0 Å². The van der Waals surface area contributed by atoms with Gasteiger partial charge in [-0.1, -0.05) is 0 Å². The second kappa shape index (κ2) is 2.27. The van der Waals surface area contributed by atoms with E-state index < -0.39 is 0 Å². The van der Waals surface area contributed by atoms with Crippen LogP contribution in [-0.2, 0) is 0 Å². The summed E-state index contributed by atoms with van der Waals surface area (Å²) in [7, 11) is 0. The Morgan fingerprint density at radius 1 is 1.36 bits per heavy atom. The van der Waals surface area contributed by atoms with E-state index in [4.69, 9.17) is 0 Å². The van der Waals surface area contributed by atoms with Crippen molar-refractivity contribution in [2.75, 3.05) is 0 Å². The molecule has 0 spiro atoms. The average molecular weight is 164 g/mol. The van der Waals surface area contributed by atoms with E-state index in [0.29, 0.717) is 0 Å². The Balaban J connectivity index is 2.87. The minimum absolute atomic E-state index is 0.846. The second-order valence-corrected chi connectivity index (χ2v) is 3.46. The zero-order chi connectivity index (χ0) is 7.84. The molecule has 2 nitrogen and oxygen atoms in total. The summed E-state index contributed by atoms with van der Waals surface area (Å²) in [6, 6.07) is 0. The van der Waals surface area contributed by atoms with Crippen LogP contribution >= 0.6 is 11.3 Å². The number of aromatic nitrogens is 2. The summed E-state index contributed by atoms with van der Waals surface area (Å²) in [4.78, 5) is 8.45. The maximum Gasteiger partial charge on any atom is 0.125 e. The Morgan fingerprint density at radius 3 is 3.00 bits per heavy atom. The fourth-order valence-corrected chi connectivity index (χ4v) is 1.88. The zero-order valence-corrected chi connectivity index (χ0v) is 7.27. The molecular weight excluding hydrogens is 156 g/mol. The predicted molar refractivity (Wildman–Crippen MR) is 46.9 cm³/mol. The molecule has 2 aromatic heterocycles. The van der Waals surface area contributed by atoms with Crippen LogP contribution in [-0.4, -0.2) is 9.97 Å². The summed E-state index contributed by atoms with van der Waals surface area (Å²) >= 11 is 1.70. The molecule has 0 radical (unpaired) electrons. The molecule has 0 aliphatic rings. The van der Waals surface area contributed by atoms with Gasteiger partial charge < -0.3 is 0 Å². The van der Waals surface area contributed by atoms with Crippen LogP contribution in [0.5, 0.6) is 0 Å². The van der Waals surface area contributed by atoms with Crippen LogP contribution in [0.3, 0.4) is 0 Å². The Labute approximate surface area is 68.9 Å². The molecule has 0 amide bonds. The quantitative estimate of drug-likeness (QED) is 0.597. The molecule has 0 unspecified atom stereocenters. The van der Waals surface area contributed by atoms with E-state index in [1.807, 2.05) is 13.1 Å². The van der Waals surface area contributed by atoms with Crippen molar-refractivity contribution in [1.29, 1.82) is 0 Å². The van der Waals surface area contributed by atoms with Crippen LogP contribution in [0.2, 0.25) is 0 Å². The Kier molecular flexibility index (Phi) is 1.39. The van der Waals surface area contributed by atoms with Crippen molar-refractivity contribution >= 4 is 21.6 Å². The fraction of sp³-hybridized carbons (Fsp3) is 0.250. The van der Waals surface area contributed by atoms with Gasteiger partial charge in [-0.05, 0) is 24.8 Å². The van der Waals surface area contributed by atoms with Gasteiger partial charge in [-0.25, -0.2) is 9.97 Å². The van der Waals surface area contributed by atoms with E-state index in [1.165, 1.54) is 10.3 Å². The molecule has 0 saturated heterocycles. The Hall–Kier alpha value is -0.960. The standard InChI is InChI=1S/C8H8N2S/c1-5-4-11-7-3-9-6(2)10-8(5)7/h3-4H,1-2H3. The van der Waals surface area contributed by atoms with Gasteiger partial charge >= 0.3 is 0 Å². The number of aryl methyl sites for hydroxylation is 2. The topological polar surface area (TPSA) is 25.8 Å². The summed E-state index contributed by atoms with van der Waals surface area (Å²) < 4.78 is 1.17. The fourth-order valence-electron chi connectivity index (χ4n) is 1.04. The number of hydrogen-bond donors (Lipinski definition) is 0. The number of thiophene rings is 1. The highest BCUT2D eigenvalue weighted by atomic mass is 32.1. The molecule has 0 aliphatic heterocycles. The second-order valence-electron chi connectivity index (χ2n) is 2.55. The van der Waals surface area contributed by atoms with E-state index >= 15 is 0 Å². The normalized spacial score (nSPS) is 10.7. The van der Waals surface area contributed by atoms with Crippen LogP contribution in [0.15, 0.2) is 11.6 Å². The third kappa shape index (κ3) is 1.01. The third-order valence-corrected chi connectivity index (χ3v) is 2.64. The van der Waals surface area contributed by atoms with Crippen LogP contribution in [0.25, 0.3) is 10.2 Å². The van der Waals surface area contributed by atoms with Gasteiger partial charge in [0.2, 0.25) is 0 Å². The Bertz CT molecular complexity index is 392. The van der Waals surface area contributed by atoms with Gasteiger partial charge in [-0.3, -0.25) is 0 Å². The largest absolute Gasteiger partial charge is 0.240 e. The first-order valence-corrected chi connectivity index (χ1v) is 4.33. The third-order valence-electron chi connectivity index (χ3n) is 1.61.